The molecule has 1 aliphatic carbocycles. The number of aryl methyl sites for hydroxylation is 1. The Labute approximate surface area is 103 Å². The summed E-state index contributed by atoms with van der Waals surface area (Å²) in [5.74, 6) is 1.73. The highest BCUT2D eigenvalue weighted by molar-refractivity contribution is 5.40. The highest BCUT2D eigenvalue weighted by atomic mass is 16.5. The highest BCUT2D eigenvalue weighted by Crippen LogP contribution is 2.36. The highest BCUT2D eigenvalue weighted by Gasteiger charge is 2.29. The van der Waals surface area contributed by atoms with Crippen LogP contribution >= 0.6 is 0 Å². The van der Waals surface area contributed by atoms with Gasteiger partial charge in [-0.3, -0.25) is 0 Å². The maximum atomic E-state index is 9.54. The fourth-order valence-corrected chi connectivity index (χ4v) is 3.22. The van der Waals surface area contributed by atoms with E-state index >= 15 is 0 Å². The topological polar surface area (TPSA) is 29.5 Å². The molecule has 0 spiro atoms. The van der Waals surface area contributed by atoms with Crippen LogP contribution in [0.4, 0.5) is 0 Å². The second kappa shape index (κ2) is 4.34. The lowest BCUT2D eigenvalue weighted by Gasteiger charge is -2.15. The summed E-state index contributed by atoms with van der Waals surface area (Å²) in [5, 5.41) is 9.54. The van der Waals surface area contributed by atoms with Crippen LogP contribution in [0.2, 0.25) is 0 Å². The molecule has 3 unspecified atom stereocenters. The van der Waals surface area contributed by atoms with Gasteiger partial charge in [-0.25, -0.2) is 0 Å². The van der Waals surface area contributed by atoms with Crippen molar-refractivity contribution in [1.29, 1.82) is 0 Å². The number of aliphatic hydroxyl groups excluding tert-OH is 1. The molecule has 1 saturated carbocycles. The summed E-state index contributed by atoms with van der Waals surface area (Å²) in [6.07, 6.45) is 5.52. The molecule has 2 aliphatic rings. The van der Waals surface area contributed by atoms with E-state index in [1.54, 1.807) is 0 Å². The number of aliphatic hydroxyl groups is 1. The molecule has 3 atom stereocenters. The summed E-state index contributed by atoms with van der Waals surface area (Å²) in [6.45, 7) is 2.13. The van der Waals surface area contributed by atoms with Crippen LogP contribution < -0.4 is 4.74 Å². The van der Waals surface area contributed by atoms with Crippen molar-refractivity contribution < 1.29 is 9.84 Å². The van der Waals surface area contributed by atoms with Crippen molar-refractivity contribution in [2.24, 2.45) is 5.92 Å². The van der Waals surface area contributed by atoms with Crippen molar-refractivity contribution in [2.45, 2.75) is 51.2 Å². The van der Waals surface area contributed by atoms with Gasteiger partial charge < -0.3 is 9.84 Å². The Bertz CT molecular complexity index is 413. The molecule has 3 rings (SSSR count). The molecular weight excluding hydrogens is 212 g/mol. The number of hydrogen-bond donors (Lipinski definition) is 1. The second-order valence-corrected chi connectivity index (χ2v) is 5.62. The minimum atomic E-state index is -0.0639. The Balaban J connectivity index is 1.62. The SMILES string of the molecule is Cc1ccc2c(c1)CC(CC1CCC(O)C1)O2. The van der Waals surface area contributed by atoms with Gasteiger partial charge in [-0.15, -0.1) is 0 Å². The number of ether oxygens (including phenoxy) is 1. The number of rotatable bonds is 2. The van der Waals surface area contributed by atoms with Crippen molar-refractivity contribution in [1.82, 2.24) is 0 Å². The molecule has 1 aromatic rings. The van der Waals surface area contributed by atoms with Crippen LogP contribution in [-0.4, -0.2) is 17.3 Å². The zero-order valence-corrected chi connectivity index (χ0v) is 10.4. The molecule has 1 aliphatic heterocycles. The van der Waals surface area contributed by atoms with Crippen molar-refractivity contribution in [2.75, 3.05) is 0 Å². The van der Waals surface area contributed by atoms with Crippen molar-refractivity contribution in [3.8, 4) is 5.75 Å². The smallest absolute Gasteiger partial charge is 0.123 e. The maximum absolute atomic E-state index is 9.54. The van der Waals surface area contributed by atoms with E-state index in [-0.39, 0.29) is 6.10 Å². The van der Waals surface area contributed by atoms with E-state index in [1.165, 1.54) is 11.1 Å². The number of hydrogen-bond acceptors (Lipinski definition) is 2. The molecule has 92 valence electrons. The van der Waals surface area contributed by atoms with E-state index in [2.05, 4.69) is 25.1 Å². The summed E-state index contributed by atoms with van der Waals surface area (Å²) in [6, 6.07) is 6.44. The van der Waals surface area contributed by atoms with Crippen LogP contribution in [0.5, 0.6) is 5.75 Å². The third-order valence-corrected chi connectivity index (χ3v) is 4.07. The molecule has 1 heterocycles. The first-order valence-corrected chi connectivity index (χ1v) is 6.65. The van der Waals surface area contributed by atoms with Gasteiger partial charge in [-0.2, -0.15) is 0 Å². The standard InChI is InChI=1S/C15H20O2/c1-10-2-5-15-12(6-10)9-14(17-15)8-11-3-4-13(16)7-11/h2,5-6,11,13-14,16H,3-4,7-9H2,1H3. The predicted octanol–water partition coefficient (Wildman–Crippen LogP) is 2.85. The molecule has 2 nitrogen and oxygen atoms in total. The summed E-state index contributed by atoms with van der Waals surface area (Å²) in [5.41, 5.74) is 2.66. The van der Waals surface area contributed by atoms with E-state index in [0.29, 0.717) is 12.0 Å². The number of benzene rings is 1. The molecule has 0 amide bonds. The molecular formula is C15H20O2. The first kappa shape index (κ1) is 11.1. The van der Waals surface area contributed by atoms with Crippen LogP contribution in [0.15, 0.2) is 18.2 Å². The fraction of sp³-hybridized carbons (Fsp3) is 0.600. The van der Waals surface area contributed by atoms with Crippen molar-refractivity contribution >= 4 is 0 Å². The molecule has 0 bridgehead atoms. The lowest BCUT2D eigenvalue weighted by Crippen LogP contribution is -2.17. The Morgan fingerprint density at radius 2 is 2.24 bits per heavy atom. The van der Waals surface area contributed by atoms with E-state index < -0.39 is 0 Å². The van der Waals surface area contributed by atoms with Gasteiger partial charge in [0.1, 0.15) is 11.9 Å². The Morgan fingerprint density at radius 3 is 3.00 bits per heavy atom. The van der Waals surface area contributed by atoms with E-state index in [1.807, 2.05) is 0 Å². The zero-order chi connectivity index (χ0) is 11.8. The summed E-state index contributed by atoms with van der Waals surface area (Å²) >= 11 is 0. The Kier molecular flexibility index (Phi) is 2.83. The van der Waals surface area contributed by atoms with E-state index in [9.17, 15) is 5.11 Å². The van der Waals surface area contributed by atoms with Gasteiger partial charge in [-0.05, 0) is 50.2 Å². The first-order valence-electron chi connectivity index (χ1n) is 6.65. The molecule has 2 heteroatoms. The van der Waals surface area contributed by atoms with Crippen LogP contribution in [-0.2, 0) is 6.42 Å². The normalized spacial score (nSPS) is 31.3. The minimum Gasteiger partial charge on any atom is -0.490 e. The lowest BCUT2D eigenvalue weighted by molar-refractivity contribution is 0.162. The molecule has 1 fully saturated rings. The molecule has 0 radical (unpaired) electrons. The van der Waals surface area contributed by atoms with Gasteiger partial charge in [0.2, 0.25) is 0 Å². The average molecular weight is 232 g/mol. The van der Waals surface area contributed by atoms with Gasteiger partial charge in [-0.1, -0.05) is 17.7 Å². The van der Waals surface area contributed by atoms with Gasteiger partial charge in [0, 0.05) is 6.42 Å². The molecule has 0 saturated heterocycles. The third kappa shape index (κ3) is 2.32. The monoisotopic (exact) mass is 232 g/mol. The summed E-state index contributed by atoms with van der Waals surface area (Å²) in [7, 11) is 0. The Hall–Kier alpha value is -1.02. The average Bonchev–Trinajstić information content (AvgIpc) is 2.84. The minimum absolute atomic E-state index is 0.0639. The zero-order valence-electron chi connectivity index (χ0n) is 10.4. The van der Waals surface area contributed by atoms with E-state index in [4.69, 9.17) is 4.74 Å². The van der Waals surface area contributed by atoms with E-state index in [0.717, 1.165) is 37.9 Å². The number of fused-ring (bicyclic) bond motifs is 1. The predicted molar refractivity (Wildman–Crippen MR) is 67.3 cm³/mol. The van der Waals surface area contributed by atoms with Gasteiger partial charge in [0.25, 0.3) is 0 Å². The fourth-order valence-electron chi connectivity index (χ4n) is 3.22. The van der Waals surface area contributed by atoms with Gasteiger partial charge >= 0.3 is 0 Å². The maximum Gasteiger partial charge on any atom is 0.123 e. The second-order valence-electron chi connectivity index (χ2n) is 5.62. The summed E-state index contributed by atoms with van der Waals surface area (Å²) in [4.78, 5) is 0. The van der Waals surface area contributed by atoms with Crippen molar-refractivity contribution in [3.05, 3.63) is 29.3 Å². The van der Waals surface area contributed by atoms with Gasteiger partial charge in [0.05, 0.1) is 6.10 Å². The molecule has 0 aromatic heterocycles. The van der Waals surface area contributed by atoms with Crippen molar-refractivity contribution in [3.63, 3.8) is 0 Å². The Morgan fingerprint density at radius 1 is 1.35 bits per heavy atom. The molecule has 1 aromatic carbocycles. The molecule has 17 heavy (non-hydrogen) atoms. The van der Waals surface area contributed by atoms with Crippen LogP contribution in [0.1, 0.15) is 36.8 Å². The third-order valence-electron chi connectivity index (χ3n) is 4.07. The first-order chi connectivity index (χ1) is 8.20. The summed E-state index contributed by atoms with van der Waals surface area (Å²) < 4.78 is 5.98. The van der Waals surface area contributed by atoms with Crippen LogP contribution in [0.3, 0.4) is 0 Å². The van der Waals surface area contributed by atoms with Crippen LogP contribution in [0.25, 0.3) is 0 Å². The van der Waals surface area contributed by atoms with Crippen LogP contribution in [0, 0.1) is 12.8 Å². The largest absolute Gasteiger partial charge is 0.490 e. The quantitative estimate of drug-likeness (QED) is 0.849. The molecule has 1 N–H and O–H groups in total. The lowest BCUT2D eigenvalue weighted by atomic mass is 9.97. The van der Waals surface area contributed by atoms with Gasteiger partial charge in [0.15, 0.2) is 0 Å².